The molecule has 100 valence electrons. The molecule has 0 radical (unpaired) electrons. The Morgan fingerprint density at radius 1 is 1.33 bits per heavy atom. The van der Waals surface area contributed by atoms with E-state index >= 15 is 0 Å². The predicted molar refractivity (Wildman–Crippen MR) is 71.2 cm³/mol. The minimum Gasteiger partial charge on any atom is -0.377 e. The van der Waals surface area contributed by atoms with Crippen molar-refractivity contribution in [3.05, 3.63) is 35.6 Å². The Kier molecular flexibility index (Phi) is 5.14. The van der Waals surface area contributed by atoms with E-state index in [1.165, 1.54) is 25.0 Å². The molecular weight excluding hydrogens is 229 g/mol. The van der Waals surface area contributed by atoms with Gasteiger partial charge in [0.15, 0.2) is 0 Å². The van der Waals surface area contributed by atoms with Crippen LogP contribution in [-0.4, -0.2) is 25.3 Å². The normalized spacial score (nSPS) is 21.8. The first-order valence-electron chi connectivity index (χ1n) is 6.89. The third-order valence-electron chi connectivity index (χ3n) is 3.50. The quantitative estimate of drug-likeness (QED) is 0.868. The van der Waals surface area contributed by atoms with E-state index in [0.717, 1.165) is 31.6 Å². The lowest BCUT2D eigenvalue weighted by molar-refractivity contribution is -0.00709. The minimum absolute atomic E-state index is 0.173. The van der Waals surface area contributed by atoms with Crippen LogP contribution in [0.1, 0.15) is 31.7 Å². The molecule has 1 aliphatic rings. The molecule has 2 atom stereocenters. The summed E-state index contributed by atoms with van der Waals surface area (Å²) in [6.45, 7) is 3.92. The van der Waals surface area contributed by atoms with Crippen molar-refractivity contribution in [3.63, 3.8) is 0 Å². The van der Waals surface area contributed by atoms with Gasteiger partial charge in [-0.05, 0) is 49.9 Å². The number of ether oxygens (including phenoxy) is 1. The molecule has 3 heteroatoms. The van der Waals surface area contributed by atoms with Crippen LogP contribution in [0.2, 0.25) is 0 Å². The fraction of sp³-hybridized carbons (Fsp3) is 0.600. The van der Waals surface area contributed by atoms with E-state index in [-0.39, 0.29) is 5.82 Å². The molecule has 1 fully saturated rings. The van der Waals surface area contributed by atoms with Crippen LogP contribution < -0.4 is 5.32 Å². The first-order valence-corrected chi connectivity index (χ1v) is 6.89. The maximum atomic E-state index is 12.9. The molecule has 2 nitrogen and oxygen atoms in total. The Bertz CT molecular complexity index is 346. The summed E-state index contributed by atoms with van der Waals surface area (Å²) in [5, 5.41) is 3.50. The molecule has 1 heterocycles. The first-order chi connectivity index (χ1) is 8.79. The second-order valence-electron chi connectivity index (χ2n) is 4.90. The predicted octanol–water partition coefficient (Wildman–Crippen LogP) is 2.92. The van der Waals surface area contributed by atoms with Crippen molar-refractivity contribution in [3.8, 4) is 0 Å². The SMILES string of the molecule is CCNC(Cc1ccc(F)cc1)C1CCCCO1. The van der Waals surface area contributed by atoms with Gasteiger partial charge in [0.2, 0.25) is 0 Å². The van der Waals surface area contributed by atoms with Crippen molar-refractivity contribution < 1.29 is 9.13 Å². The van der Waals surface area contributed by atoms with E-state index in [9.17, 15) is 4.39 Å². The molecule has 0 aromatic heterocycles. The van der Waals surface area contributed by atoms with Crippen LogP contribution in [0, 0.1) is 5.82 Å². The van der Waals surface area contributed by atoms with Gasteiger partial charge in [-0.3, -0.25) is 0 Å². The van der Waals surface area contributed by atoms with Crippen molar-refractivity contribution in [2.45, 2.75) is 44.8 Å². The Morgan fingerprint density at radius 3 is 2.72 bits per heavy atom. The third-order valence-corrected chi connectivity index (χ3v) is 3.50. The summed E-state index contributed by atoms with van der Waals surface area (Å²) in [4.78, 5) is 0. The van der Waals surface area contributed by atoms with Crippen molar-refractivity contribution in [1.82, 2.24) is 5.32 Å². The lowest BCUT2D eigenvalue weighted by atomic mass is 9.96. The van der Waals surface area contributed by atoms with E-state index in [1.807, 2.05) is 12.1 Å². The lowest BCUT2D eigenvalue weighted by Crippen LogP contribution is -2.44. The van der Waals surface area contributed by atoms with Crippen molar-refractivity contribution in [2.24, 2.45) is 0 Å². The molecule has 0 saturated carbocycles. The van der Waals surface area contributed by atoms with Gasteiger partial charge in [-0.25, -0.2) is 4.39 Å². The first kappa shape index (κ1) is 13.5. The fourth-order valence-corrected chi connectivity index (χ4v) is 2.55. The van der Waals surface area contributed by atoms with Gasteiger partial charge in [0.1, 0.15) is 5.82 Å². The average molecular weight is 251 g/mol. The average Bonchev–Trinajstić information content (AvgIpc) is 2.42. The summed E-state index contributed by atoms with van der Waals surface area (Å²) >= 11 is 0. The third kappa shape index (κ3) is 3.79. The van der Waals surface area contributed by atoms with Gasteiger partial charge in [-0.2, -0.15) is 0 Å². The summed E-state index contributed by atoms with van der Waals surface area (Å²) in [7, 11) is 0. The maximum absolute atomic E-state index is 12.9. The molecule has 2 unspecified atom stereocenters. The Hall–Kier alpha value is -0.930. The molecule has 1 N–H and O–H groups in total. The highest BCUT2D eigenvalue weighted by Crippen LogP contribution is 2.19. The monoisotopic (exact) mass is 251 g/mol. The zero-order chi connectivity index (χ0) is 12.8. The Balaban J connectivity index is 1.98. The van der Waals surface area contributed by atoms with E-state index in [1.54, 1.807) is 0 Å². The van der Waals surface area contributed by atoms with Crippen molar-refractivity contribution in [1.29, 1.82) is 0 Å². The molecule has 18 heavy (non-hydrogen) atoms. The molecule has 1 aromatic carbocycles. The summed E-state index contributed by atoms with van der Waals surface area (Å²) in [6, 6.07) is 7.12. The molecular formula is C15H22FNO. The van der Waals surface area contributed by atoms with Gasteiger partial charge >= 0.3 is 0 Å². The van der Waals surface area contributed by atoms with Crippen LogP contribution in [-0.2, 0) is 11.2 Å². The topological polar surface area (TPSA) is 21.3 Å². The van der Waals surface area contributed by atoms with Crippen LogP contribution in [0.3, 0.4) is 0 Å². The fourth-order valence-electron chi connectivity index (χ4n) is 2.55. The van der Waals surface area contributed by atoms with E-state index < -0.39 is 0 Å². The largest absolute Gasteiger partial charge is 0.377 e. The van der Waals surface area contributed by atoms with Gasteiger partial charge < -0.3 is 10.1 Å². The number of benzene rings is 1. The van der Waals surface area contributed by atoms with Crippen molar-refractivity contribution in [2.75, 3.05) is 13.2 Å². The van der Waals surface area contributed by atoms with Gasteiger partial charge in [-0.15, -0.1) is 0 Å². The highest BCUT2D eigenvalue weighted by Gasteiger charge is 2.23. The van der Waals surface area contributed by atoms with Crippen LogP contribution in [0.5, 0.6) is 0 Å². The number of rotatable bonds is 5. The molecule has 1 saturated heterocycles. The van der Waals surface area contributed by atoms with E-state index in [2.05, 4.69) is 12.2 Å². The van der Waals surface area contributed by atoms with Crippen LogP contribution >= 0.6 is 0 Å². The summed E-state index contributed by atoms with van der Waals surface area (Å²) < 4.78 is 18.7. The number of hydrogen-bond acceptors (Lipinski definition) is 2. The molecule has 1 aliphatic heterocycles. The molecule has 2 rings (SSSR count). The van der Waals surface area contributed by atoms with Crippen LogP contribution in [0.4, 0.5) is 4.39 Å². The van der Waals surface area contributed by atoms with Gasteiger partial charge in [-0.1, -0.05) is 19.1 Å². The lowest BCUT2D eigenvalue weighted by Gasteiger charge is -2.31. The summed E-state index contributed by atoms with van der Waals surface area (Å²) in [5.74, 6) is -0.173. The standard InChI is InChI=1S/C15H22FNO/c1-2-17-14(15-5-3-4-10-18-15)11-12-6-8-13(16)9-7-12/h6-9,14-15,17H,2-5,10-11H2,1H3. The number of nitrogens with one attached hydrogen (secondary N) is 1. The van der Waals surface area contributed by atoms with E-state index in [0.29, 0.717) is 12.1 Å². The zero-order valence-electron chi connectivity index (χ0n) is 11.0. The number of halogens is 1. The maximum Gasteiger partial charge on any atom is 0.123 e. The molecule has 1 aromatic rings. The second kappa shape index (κ2) is 6.86. The molecule has 0 amide bonds. The molecule has 0 bridgehead atoms. The Labute approximate surface area is 109 Å². The minimum atomic E-state index is -0.173. The number of likely N-dealkylation sites (N-methyl/N-ethyl adjacent to an activating group) is 1. The smallest absolute Gasteiger partial charge is 0.123 e. The van der Waals surface area contributed by atoms with Crippen molar-refractivity contribution >= 4 is 0 Å². The van der Waals surface area contributed by atoms with Gasteiger partial charge in [0.05, 0.1) is 6.10 Å². The van der Waals surface area contributed by atoms with Crippen LogP contribution in [0.15, 0.2) is 24.3 Å². The van der Waals surface area contributed by atoms with E-state index in [4.69, 9.17) is 4.74 Å². The zero-order valence-corrected chi connectivity index (χ0v) is 11.0. The van der Waals surface area contributed by atoms with Crippen LogP contribution in [0.25, 0.3) is 0 Å². The number of hydrogen-bond donors (Lipinski definition) is 1. The highest BCUT2D eigenvalue weighted by atomic mass is 19.1. The van der Waals surface area contributed by atoms with Gasteiger partial charge in [0, 0.05) is 12.6 Å². The Morgan fingerprint density at radius 2 is 2.11 bits per heavy atom. The van der Waals surface area contributed by atoms with Gasteiger partial charge in [0.25, 0.3) is 0 Å². The second-order valence-corrected chi connectivity index (χ2v) is 4.90. The summed E-state index contributed by atoms with van der Waals surface area (Å²) in [6.07, 6.45) is 4.74. The summed E-state index contributed by atoms with van der Waals surface area (Å²) in [5.41, 5.74) is 1.16. The molecule has 0 aliphatic carbocycles. The molecule has 0 spiro atoms. The highest BCUT2D eigenvalue weighted by molar-refractivity contribution is 5.17.